The van der Waals surface area contributed by atoms with Gasteiger partial charge in [0.1, 0.15) is 11.3 Å². The Kier molecular flexibility index (Phi) is 2.89. The Bertz CT molecular complexity index is 662. The molecule has 0 fully saturated rings. The molecule has 2 aromatic rings. The molecule has 0 spiro atoms. The number of H-pyrrole nitrogens is 1. The van der Waals surface area contributed by atoms with Crippen LogP contribution >= 0.6 is 15.9 Å². The van der Waals surface area contributed by atoms with Crippen LogP contribution in [0.5, 0.6) is 5.75 Å². The SMILES string of the molecule is COc1cc(Br)c2cc(C(=O)O)c(=O)[nH]c2c1. The highest BCUT2D eigenvalue weighted by atomic mass is 79.9. The number of hydrogen-bond acceptors (Lipinski definition) is 3. The van der Waals surface area contributed by atoms with Crippen molar-refractivity contribution < 1.29 is 14.6 Å². The predicted octanol–water partition coefficient (Wildman–Crippen LogP) is 2.00. The van der Waals surface area contributed by atoms with Crippen LogP contribution in [0.4, 0.5) is 0 Å². The maximum atomic E-state index is 11.5. The van der Waals surface area contributed by atoms with E-state index in [9.17, 15) is 9.59 Å². The molecule has 5 nitrogen and oxygen atoms in total. The summed E-state index contributed by atoms with van der Waals surface area (Å²) in [5.41, 5.74) is -0.403. The van der Waals surface area contributed by atoms with Gasteiger partial charge < -0.3 is 14.8 Å². The molecule has 2 rings (SSSR count). The number of carbonyl (C=O) groups is 1. The molecular formula is C11H8BrNO4. The summed E-state index contributed by atoms with van der Waals surface area (Å²) < 4.78 is 5.71. The number of benzene rings is 1. The minimum Gasteiger partial charge on any atom is -0.497 e. The lowest BCUT2D eigenvalue weighted by Crippen LogP contribution is -2.17. The first-order valence-electron chi connectivity index (χ1n) is 4.67. The zero-order chi connectivity index (χ0) is 12.6. The van der Waals surface area contributed by atoms with Crippen LogP contribution in [-0.2, 0) is 0 Å². The number of fused-ring (bicyclic) bond motifs is 1. The minimum atomic E-state index is -1.25. The summed E-state index contributed by atoms with van der Waals surface area (Å²) >= 11 is 3.30. The quantitative estimate of drug-likeness (QED) is 0.888. The number of ether oxygens (including phenoxy) is 1. The highest BCUT2D eigenvalue weighted by Gasteiger charge is 2.12. The number of pyridine rings is 1. The van der Waals surface area contributed by atoms with E-state index in [4.69, 9.17) is 9.84 Å². The molecule has 1 aromatic heterocycles. The molecule has 17 heavy (non-hydrogen) atoms. The van der Waals surface area contributed by atoms with Crippen molar-refractivity contribution in [1.82, 2.24) is 4.98 Å². The molecule has 88 valence electrons. The molecule has 0 bridgehead atoms. The van der Waals surface area contributed by atoms with Gasteiger partial charge in [-0.15, -0.1) is 0 Å². The van der Waals surface area contributed by atoms with Crippen LogP contribution in [0.1, 0.15) is 10.4 Å². The van der Waals surface area contributed by atoms with E-state index >= 15 is 0 Å². The topological polar surface area (TPSA) is 79.4 Å². The van der Waals surface area contributed by atoms with Crippen LogP contribution in [0.3, 0.4) is 0 Å². The molecule has 6 heteroatoms. The van der Waals surface area contributed by atoms with Crippen molar-refractivity contribution in [2.45, 2.75) is 0 Å². The average Bonchev–Trinajstić information content (AvgIpc) is 2.27. The zero-order valence-electron chi connectivity index (χ0n) is 8.78. The maximum Gasteiger partial charge on any atom is 0.341 e. The summed E-state index contributed by atoms with van der Waals surface area (Å²) in [7, 11) is 1.51. The first kappa shape index (κ1) is 11.7. The molecule has 1 aromatic carbocycles. The molecule has 0 amide bonds. The fraction of sp³-hybridized carbons (Fsp3) is 0.0909. The number of methoxy groups -OCH3 is 1. The molecule has 0 saturated carbocycles. The lowest BCUT2D eigenvalue weighted by Gasteiger charge is -2.05. The number of nitrogens with one attached hydrogen (secondary N) is 1. The second-order valence-electron chi connectivity index (χ2n) is 3.39. The van der Waals surface area contributed by atoms with Crippen molar-refractivity contribution in [1.29, 1.82) is 0 Å². The molecule has 2 N–H and O–H groups in total. The van der Waals surface area contributed by atoms with Crippen molar-refractivity contribution in [3.05, 3.63) is 38.6 Å². The third-order valence-electron chi connectivity index (χ3n) is 2.35. The van der Waals surface area contributed by atoms with Gasteiger partial charge in [-0.25, -0.2) is 4.79 Å². The summed E-state index contributed by atoms with van der Waals surface area (Å²) in [5, 5.41) is 9.47. The first-order valence-corrected chi connectivity index (χ1v) is 5.46. The standard InChI is InChI=1S/C11H8BrNO4/c1-17-5-2-8(12)6-4-7(11(15)16)10(14)13-9(6)3-5/h2-4H,1H3,(H,13,14)(H,15,16). The Morgan fingerprint density at radius 2 is 2.12 bits per heavy atom. The van der Waals surface area contributed by atoms with E-state index < -0.39 is 11.5 Å². The number of hydrogen-bond donors (Lipinski definition) is 2. The molecule has 0 unspecified atom stereocenters. The van der Waals surface area contributed by atoms with Crippen LogP contribution in [-0.4, -0.2) is 23.2 Å². The van der Waals surface area contributed by atoms with Crippen LogP contribution in [0, 0.1) is 0 Å². The van der Waals surface area contributed by atoms with Crippen molar-refractivity contribution in [2.24, 2.45) is 0 Å². The van der Waals surface area contributed by atoms with Gasteiger partial charge in [-0.2, -0.15) is 0 Å². The summed E-state index contributed by atoms with van der Waals surface area (Å²) in [6.07, 6.45) is 0. The third kappa shape index (κ3) is 2.03. The lowest BCUT2D eigenvalue weighted by atomic mass is 10.1. The van der Waals surface area contributed by atoms with Crippen LogP contribution in [0.2, 0.25) is 0 Å². The largest absolute Gasteiger partial charge is 0.497 e. The van der Waals surface area contributed by atoms with Gasteiger partial charge in [0.25, 0.3) is 5.56 Å². The van der Waals surface area contributed by atoms with Gasteiger partial charge in [-0.1, -0.05) is 0 Å². The van der Waals surface area contributed by atoms with Crippen LogP contribution in [0.15, 0.2) is 27.5 Å². The average molecular weight is 298 g/mol. The van der Waals surface area contributed by atoms with Gasteiger partial charge in [-0.05, 0) is 28.1 Å². The molecule has 0 aliphatic rings. The van der Waals surface area contributed by atoms with Crippen LogP contribution < -0.4 is 10.3 Å². The molecule has 0 radical (unpaired) electrons. The van der Waals surface area contributed by atoms with Gasteiger partial charge in [0, 0.05) is 15.9 Å². The predicted molar refractivity (Wildman–Crippen MR) is 65.8 cm³/mol. The molecule has 0 aliphatic heterocycles. The Balaban J connectivity index is 2.83. The Morgan fingerprint density at radius 1 is 1.41 bits per heavy atom. The van der Waals surface area contributed by atoms with Crippen LogP contribution in [0.25, 0.3) is 10.9 Å². The van der Waals surface area contributed by atoms with Gasteiger partial charge in [0.15, 0.2) is 0 Å². The van der Waals surface area contributed by atoms with Gasteiger partial charge in [-0.3, -0.25) is 4.79 Å². The second-order valence-corrected chi connectivity index (χ2v) is 4.24. The van der Waals surface area contributed by atoms with E-state index in [2.05, 4.69) is 20.9 Å². The van der Waals surface area contributed by atoms with E-state index in [1.165, 1.54) is 13.2 Å². The second kappa shape index (κ2) is 4.21. The summed E-state index contributed by atoms with van der Waals surface area (Å²) in [6.45, 7) is 0. The van der Waals surface area contributed by atoms with E-state index in [1.54, 1.807) is 12.1 Å². The number of rotatable bonds is 2. The molecule has 0 saturated heterocycles. The van der Waals surface area contributed by atoms with Gasteiger partial charge in [0.2, 0.25) is 0 Å². The fourth-order valence-electron chi connectivity index (χ4n) is 1.52. The van der Waals surface area contributed by atoms with E-state index in [0.717, 1.165) is 0 Å². The third-order valence-corrected chi connectivity index (χ3v) is 3.01. The number of halogens is 1. The minimum absolute atomic E-state index is 0.289. The summed E-state index contributed by atoms with van der Waals surface area (Å²) in [4.78, 5) is 24.8. The first-order chi connectivity index (χ1) is 8.02. The van der Waals surface area contributed by atoms with Crippen molar-refractivity contribution in [3.8, 4) is 5.75 Å². The maximum absolute atomic E-state index is 11.5. The number of carboxylic acids is 1. The summed E-state index contributed by atoms with van der Waals surface area (Å²) in [5.74, 6) is -0.682. The van der Waals surface area contributed by atoms with Crippen molar-refractivity contribution in [2.75, 3.05) is 7.11 Å². The zero-order valence-corrected chi connectivity index (χ0v) is 10.4. The Labute approximate surface area is 104 Å². The smallest absolute Gasteiger partial charge is 0.341 e. The van der Waals surface area contributed by atoms with E-state index in [1.807, 2.05) is 0 Å². The summed E-state index contributed by atoms with van der Waals surface area (Å²) in [6, 6.07) is 4.67. The molecule has 0 atom stereocenters. The monoisotopic (exact) mass is 297 g/mol. The van der Waals surface area contributed by atoms with Crippen molar-refractivity contribution >= 4 is 32.8 Å². The van der Waals surface area contributed by atoms with Crippen molar-refractivity contribution in [3.63, 3.8) is 0 Å². The fourth-order valence-corrected chi connectivity index (χ4v) is 2.07. The number of aromatic nitrogens is 1. The molecule has 1 heterocycles. The number of aromatic carboxylic acids is 1. The van der Waals surface area contributed by atoms with E-state index in [-0.39, 0.29) is 5.56 Å². The Morgan fingerprint density at radius 3 is 2.71 bits per heavy atom. The van der Waals surface area contributed by atoms with E-state index in [0.29, 0.717) is 21.1 Å². The number of aromatic amines is 1. The normalized spacial score (nSPS) is 10.5. The lowest BCUT2D eigenvalue weighted by molar-refractivity contribution is 0.0695. The molecular weight excluding hydrogens is 290 g/mol. The molecule has 0 aliphatic carbocycles. The van der Waals surface area contributed by atoms with Gasteiger partial charge in [0.05, 0.1) is 12.6 Å². The highest BCUT2D eigenvalue weighted by Crippen LogP contribution is 2.27. The van der Waals surface area contributed by atoms with Gasteiger partial charge >= 0.3 is 5.97 Å². The highest BCUT2D eigenvalue weighted by molar-refractivity contribution is 9.10. The Hall–Kier alpha value is -1.82. The number of carboxylic acid groups (broad SMARTS) is 1.